The Labute approximate surface area is 73.9 Å². The summed E-state index contributed by atoms with van der Waals surface area (Å²) in [6.07, 6.45) is 1.57. The molecule has 2 nitrogen and oxygen atoms in total. The van der Waals surface area contributed by atoms with Crippen molar-refractivity contribution >= 4 is 58.4 Å². The molecule has 0 aromatic rings. The molecule has 0 unspecified atom stereocenters. The van der Waals surface area contributed by atoms with Gasteiger partial charge in [0.15, 0.2) is 0 Å². The summed E-state index contributed by atoms with van der Waals surface area (Å²) < 4.78 is 0. The zero-order valence-electron chi connectivity index (χ0n) is 3.16. The van der Waals surface area contributed by atoms with E-state index >= 15 is 0 Å². The third-order valence-corrected chi connectivity index (χ3v) is 3.48. The van der Waals surface area contributed by atoms with E-state index in [0.717, 1.165) is 11.4 Å². The Bertz CT molecular complexity index is 79.8. The van der Waals surface area contributed by atoms with Gasteiger partial charge in [0.1, 0.15) is 0 Å². The molecular weight excluding hydrogens is 162 g/mol. The molecule has 0 radical (unpaired) electrons. The van der Waals surface area contributed by atoms with Crippen molar-refractivity contribution in [1.82, 2.24) is 0 Å². The minimum absolute atomic E-state index is 0. The third-order valence-electron chi connectivity index (χ3n) is 0.238. The summed E-state index contributed by atoms with van der Waals surface area (Å²) >= 11 is 5.09. The van der Waals surface area contributed by atoms with E-state index in [1.54, 1.807) is 6.26 Å². The van der Waals surface area contributed by atoms with Crippen LogP contribution in [0.5, 0.6) is 0 Å². The van der Waals surface area contributed by atoms with E-state index in [9.17, 15) is 0 Å². The Morgan fingerprint density at radius 1 is 1.57 bits per heavy atom. The third kappa shape index (κ3) is 11.5. The first-order valence-electron chi connectivity index (χ1n) is 1.17. The zero-order valence-corrected chi connectivity index (χ0v) is 5.69. The molecule has 0 aromatic heterocycles. The van der Waals surface area contributed by atoms with Crippen LogP contribution in [0.4, 0.5) is 0 Å². The Morgan fingerprint density at radius 3 is 1.71 bits per heavy atom. The first kappa shape index (κ1) is 11.7. The van der Waals surface area contributed by atoms with Crippen LogP contribution in [0.1, 0.15) is 0 Å². The molecule has 0 aliphatic rings. The standard InChI is InChI=1S/CH5O2PS2.Na.H/c1-6-4(2,3)5;;/h1H3,(H2,2,3,5);;. The van der Waals surface area contributed by atoms with Gasteiger partial charge in [0.25, 0.3) is 0 Å². The molecule has 0 heterocycles. The van der Waals surface area contributed by atoms with E-state index in [2.05, 4.69) is 11.8 Å². The molecule has 0 saturated heterocycles. The Morgan fingerprint density at radius 2 is 1.71 bits per heavy atom. The van der Waals surface area contributed by atoms with Crippen LogP contribution >= 0.6 is 17.1 Å². The monoisotopic (exact) mass is 168 g/mol. The Hall–Kier alpha value is 1.92. The second-order valence-corrected chi connectivity index (χ2v) is 6.86. The van der Waals surface area contributed by atoms with Gasteiger partial charge in [0.2, 0.25) is 5.69 Å². The Kier molecular flexibility index (Phi) is 7.96. The second-order valence-electron chi connectivity index (χ2n) is 0.673. The molecule has 0 aliphatic heterocycles. The zero-order chi connectivity index (χ0) is 5.21. The van der Waals surface area contributed by atoms with Crippen LogP contribution in [-0.2, 0) is 11.8 Å². The fourth-order valence-corrected chi connectivity index (χ4v) is 0. The summed E-state index contributed by atoms with van der Waals surface area (Å²) in [5, 5.41) is 0. The molecule has 0 aliphatic carbocycles. The van der Waals surface area contributed by atoms with Crippen molar-refractivity contribution in [2.75, 3.05) is 6.26 Å². The molecule has 0 aromatic carbocycles. The van der Waals surface area contributed by atoms with Gasteiger partial charge in [-0.15, -0.1) is 0 Å². The van der Waals surface area contributed by atoms with Crippen molar-refractivity contribution in [2.24, 2.45) is 0 Å². The molecule has 40 valence electrons. The summed E-state index contributed by atoms with van der Waals surface area (Å²) in [5.74, 6) is 0. The first-order valence-corrected chi connectivity index (χ1v) is 5.71. The molecule has 0 bridgehead atoms. The van der Waals surface area contributed by atoms with Crippen LogP contribution < -0.4 is 0 Å². The predicted octanol–water partition coefficient (Wildman–Crippen LogP) is -0.0900. The van der Waals surface area contributed by atoms with Gasteiger partial charge in [0, 0.05) is 0 Å². The van der Waals surface area contributed by atoms with Crippen molar-refractivity contribution in [2.45, 2.75) is 0 Å². The van der Waals surface area contributed by atoms with Gasteiger partial charge in [-0.2, -0.15) is 0 Å². The first-order chi connectivity index (χ1) is 2.56. The molecule has 0 amide bonds. The fraction of sp³-hybridized carbons (Fsp3) is 1.00. The van der Waals surface area contributed by atoms with E-state index < -0.39 is 5.69 Å². The van der Waals surface area contributed by atoms with Gasteiger partial charge in [-0.05, 0) is 18.1 Å². The van der Waals surface area contributed by atoms with Crippen molar-refractivity contribution in [3.05, 3.63) is 0 Å². The van der Waals surface area contributed by atoms with E-state index in [1.165, 1.54) is 0 Å². The van der Waals surface area contributed by atoms with Crippen LogP contribution in [0.25, 0.3) is 0 Å². The normalized spacial score (nSPS) is 10.1. The topological polar surface area (TPSA) is 40.5 Å². The maximum absolute atomic E-state index is 8.27. The average molecular weight is 168 g/mol. The summed E-state index contributed by atoms with van der Waals surface area (Å²) in [5.41, 5.74) is -2.90. The van der Waals surface area contributed by atoms with Crippen LogP contribution in [-0.4, -0.2) is 45.6 Å². The molecular formula is CH6NaO2PS2. The fourth-order valence-electron chi connectivity index (χ4n) is 0. The van der Waals surface area contributed by atoms with E-state index in [-0.39, 0.29) is 29.6 Å². The average Bonchev–Trinajstić information content (AvgIpc) is 1.35. The van der Waals surface area contributed by atoms with Gasteiger partial charge in [-0.3, -0.25) is 0 Å². The maximum atomic E-state index is 8.27. The molecule has 0 spiro atoms. The van der Waals surface area contributed by atoms with Crippen molar-refractivity contribution in [3.63, 3.8) is 0 Å². The van der Waals surface area contributed by atoms with Crippen LogP contribution in [0.15, 0.2) is 0 Å². The second kappa shape index (κ2) is 4.77. The van der Waals surface area contributed by atoms with Crippen molar-refractivity contribution < 1.29 is 9.79 Å². The molecule has 2 N–H and O–H groups in total. The van der Waals surface area contributed by atoms with Crippen molar-refractivity contribution in [1.29, 1.82) is 0 Å². The van der Waals surface area contributed by atoms with E-state index in [0.29, 0.717) is 0 Å². The molecule has 0 rings (SSSR count). The van der Waals surface area contributed by atoms with Crippen LogP contribution in [0, 0.1) is 0 Å². The van der Waals surface area contributed by atoms with Gasteiger partial charge in [0.05, 0.1) is 0 Å². The quantitative estimate of drug-likeness (QED) is 0.424. The summed E-state index contributed by atoms with van der Waals surface area (Å²) in [7, 11) is 0. The van der Waals surface area contributed by atoms with Gasteiger partial charge < -0.3 is 9.79 Å². The van der Waals surface area contributed by atoms with E-state index in [1.807, 2.05) is 0 Å². The number of hydrogen-bond acceptors (Lipinski definition) is 2. The number of rotatable bonds is 1. The predicted molar refractivity (Wildman–Crippen MR) is 39.4 cm³/mol. The van der Waals surface area contributed by atoms with Gasteiger partial charge in [-0.1, -0.05) is 11.4 Å². The van der Waals surface area contributed by atoms with E-state index in [4.69, 9.17) is 9.79 Å². The molecule has 0 atom stereocenters. The minimum atomic E-state index is -2.90. The summed E-state index contributed by atoms with van der Waals surface area (Å²) in [6.45, 7) is 0. The summed E-state index contributed by atoms with van der Waals surface area (Å²) in [6, 6.07) is 0. The molecule has 0 saturated carbocycles. The summed E-state index contributed by atoms with van der Waals surface area (Å²) in [4.78, 5) is 16.5. The Balaban J connectivity index is 0. The van der Waals surface area contributed by atoms with Gasteiger partial charge in [-0.25, -0.2) is 0 Å². The van der Waals surface area contributed by atoms with Gasteiger partial charge >= 0.3 is 29.6 Å². The van der Waals surface area contributed by atoms with Crippen molar-refractivity contribution in [3.8, 4) is 0 Å². The number of hydrogen-bond donors (Lipinski definition) is 2. The van der Waals surface area contributed by atoms with Crippen LogP contribution in [0.2, 0.25) is 0 Å². The van der Waals surface area contributed by atoms with Crippen LogP contribution in [0.3, 0.4) is 0 Å². The molecule has 7 heavy (non-hydrogen) atoms. The molecule has 0 fully saturated rings. The molecule has 6 heteroatoms. The SMILES string of the molecule is CSP(O)(O)=S.[NaH].